The second kappa shape index (κ2) is 3.48. The van der Waals surface area contributed by atoms with Gasteiger partial charge in [0.2, 0.25) is 0 Å². The standard InChI is InChI=1S/C12H12O/c1-10(12-8-5-9-13-12)11-6-3-2-4-7-11/h3-9H,2H2,1H3. The Kier molecular flexibility index (Phi) is 2.17. The van der Waals surface area contributed by atoms with Gasteiger partial charge in [-0.3, -0.25) is 0 Å². The Hall–Kier alpha value is -1.50. The van der Waals surface area contributed by atoms with Crippen LogP contribution in [-0.4, -0.2) is 0 Å². The van der Waals surface area contributed by atoms with Gasteiger partial charge < -0.3 is 4.42 Å². The summed E-state index contributed by atoms with van der Waals surface area (Å²) >= 11 is 0. The van der Waals surface area contributed by atoms with Gasteiger partial charge in [-0.15, -0.1) is 0 Å². The molecule has 1 heteroatoms. The highest BCUT2D eigenvalue weighted by Gasteiger charge is 2.03. The second-order valence-corrected chi connectivity index (χ2v) is 3.10. The Labute approximate surface area is 78.1 Å². The van der Waals surface area contributed by atoms with Crippen LogP contribution in [0.25, 0.3) is 5.57 Å². The summed E-state index contributed by atoms with van der Waals surface area (Å²) in [7, 11) is 0. The van der Waals surface area contributed by atoms with Crippen molar-refractivity contribution >= 4 is 5.57 Å². The summed E-state index contributed by atoms with van der Waals surface area (Å²) < 4.78 is 5.32. The Morgan fingerprint density at radius 2 is 2.08 bits per heavy atom. The number of rotatable bonds is 1. The number of allylic oxidation sites excluding steroid dienone is 6. The van der Waals surface area contributed by atoms with Crippen LogP contribution in [0, 0.1) is 0 Å². The van der Waals surface area contributed by atoms with Crippen LogP contribution in [0.1, 0.15) is 19.1 Å². The highest BCUT2D eigenvalue weighted by Crippen LogP contribution is 2.22. The Balaban J connectivity index is 2.38. The van der Waals surface area contributed by atoms with Gasteiger partial charge in [0.1, 0.15) is 5.76 Å². The van der Waals surface area contributed by atoms with Crippen LogP contribution in [0.2, 0.25) is 0 Å². The molecule has 0 aliphatic heterocycles. The van der Waals surface area contributed by atoms with Gasteiger partial charge in [-0.25, -0.2) is 0 Å². The summed E-state index contributed by atoms with van der Waals surface area (Å²) in [4.78, 5) is 0. The lowest BCUT2D eigenvalue weighted by molar-refractivity contribution is 0.552. The fourth-order valence-electron chi connectivity index (χ4n) is 1.41. The largest absolute Gasteiger partial charge is 0.465 e. The van der Waals surface area contributed by atoms with E-state index in [0.29, 0.717) is 0 Å². The van der Waals surface area contributed by atoms with Crippen LogP contribution in [-0.2, 0) is 0 Å². The lowest BCUT2D eigenvalue weighted by Gasteiger charge is -2.04. The van der Waals surface area contributed by atoms with E-state index in [1.54, 1.807) is 6.26 Å². The van der Waals surface area contributed by atoms with E-state index < -0.39 is 0 Å². The van der Waals surface area contributed by atoms with Gasteiger partial charge >= 0.3 is 0 Å². The second-order valence-electron chi connectivity index (χ2n) is 3.10. The topological polar surface area (TPSA) is 13.1 Å². The fourth-order valence-corrected chi connectivity index (χ4v) is 1.41. The molecular weight excluding hydrogens is 160 g/mol. The molecule has 13 heavy (non-hydrogen) atoms. The molecular formula is C12H12O. The van der Waals surface area contributed by atoms with Crippen LogP contribution in [0.4, 0.5) is 0 Å². The average Bonchev–Trinajstić information content (AvgIpc) is 2.71. The first-order chi connectivity index (χ1) is 6.38. The molecule has 1 aliphatic carbocycles. The van der Waals surface area contributed by atoms with E-state index in [1.165, 1.54) is 11.1 Å². The lowest BCUT2D eigenvalue weighted by atomic mass is 10.0. The minimum Gasteiger partial charge on any atom is -0.465 e. The molecule has 0 bridgehead atoms. The van der Waals surface area contributed by atoms with E-state index in [4.69, 9.17) is 4.42 Å². The van der Waals surface area contributed by atoms with Gasteiger partial charge in [0.15, 0.2) is 0 Å². The maximum absolute atomic E-state index is 5.32. The summed E-state index contributed by atoms with van der Waals surface area (Å²) in [6.07, 6.45) is 11.3. The average molecular weight is 172 g/mol. The monoisotopic (exact) mass is 172 g/mol. The SMILES string of the molecule is CC(=C1C=CCC=C1)c1ccco1. The van der Waals surface area contributed by atoms with Gasteiger partial charge in [-0.05, 0) is 36.6 Å². The number of hydrogen-bond donors (Lipinski definition) is 0. The van der Waals surface area contributed by atoms with E-state index in [-0.39, 0.29) is 0 Å². The molecule has 0 N–H and O–H groups in total. The quantitative estimate of drug-likeness (QED) is 0.631. The van der Waals surface area contributed by atoms with Crippen molar-refractivity contribution in [2.24, 2.45) is 0 Å². The molecule has 0 fully saturated rings. The molecule has 0 saturated carbocycles. The summed E-state index contributed by atoms with van der Waals surface area (Å²) in [6.45, 7) is 2.08. The van der Waals surface area contributed by atoms with Gasteiger partial charge in [0, 0.05) is 0 Å². The number of hydrogen-bond acceptors (Lipinski definition) is 1. The lowest BCUT2D eigenvalue weighted by Crippen LogP contribution is -1.84. The van der Waals surface area contributed by atoms with Crippen molar-refractivity contribution in [1.82, 2.24) is 0 Å². The summed E-state index contributed by atoms with van der Waals surface area (Å²) in [5.41, 5.74) is 2.43. The molecule has 0 unspecified atom stereocenters. The highest BCUT2D eigenvalue weighted by molar-refractivity contribution is 5.69. The van der Waals surface area contributed by atoms with E-state index >= 15 is 0 Å². The predicted molar refractivity (Wildman–Crippen MR) is 54.2 cm³/mol. The molecule has 0 aromatic carbocycles. The van der Waals surface area contributed by atoms with E-state index in [1.807, 2.05) is 12.1 Å². The molecule has 1 aromatic heterocycles. The van der Waals surface area contributed by atoms with Crippen LogP contribution in [0.5, 0.6) is 0 Å². The van der Waals surface area contributed by atoms with Crippen molar-refractivity contribution < 1.29 is 4.42 Å². The molecule has 66 valence electrons. The van der Waals surface area contributed by atoms with Gasteiger partial charge in [-0.1, -0.05) is 24.3 Å². The molecule has 1 aliphatic rings. The summed E-state index contributed by atoms with van der Waals surface area (Å²) in [5, 5.41) is 0. The first kappa shape index (κ1) is 8.11. The highest BCUT2D eigenvalue weighted by atomic mass is 16.3. The minimum absolute atomic E-state index is 0.950. The predicted octanol–water partition coefficient (Wildman–Crippen LogP) is 3.57. The van der Waals surface area contributed by atoms with Crippen molar-refractivity contribution in [2.45, 2.75) is 13.3 Å². The zero-order chi connectivity index (χ0) is 9.10. The summed E-state index contributed by atoms with van der Waals surface area (Å²) in [5.74, 6) is 0.950. The molecule has 1 nitrogen and oxygen atoms in total. The molecule has 2 rings (SSSR count). The van der Waals surface area contributed by atoms with Crippen LogP contribution in [0.15, 0.2) is 52.7 Å². The Bertz CT molecular complexity index is 350. The van der Waals surface area contributed by atoms with E-state index in [0.717, 1.165) is 12.2 Å². The molecule has 0 radical (unpaired) electrons. The number of furan rings is 1. The van der Waals surface area contributed by atoms with Crippen molar-refractivity contribution in [3.63, 3.8) is 0 Å². The molecule has 0 spiro atoms. The Morgan fingerprint density at radius 3 is 2.69 bits per heavy atom. The third kappa shape index (κ3) is 1.64. The van der Waals surface area contributed by atoms with Gasteiger partial charge in [-0.2, -0.15) is 0 Å². The maximum atomic E-state index is 5.32. The van der Waals surface area contributed by atoms with Crippen molar-refractivity contribution in [3.8, 4) is 0 Å². The summed E-state index contributed by atoms with van der Waals surface area (Å²) in [6, 6.07) is 3.90. The Morgan fingerprint density at radius 1 is 1.31 bits per heavy atom. The van der Waals surface area contributed by atoms with Crippen molar-refractivity contribution in [2.75, 3.05) is 0 Å². The van der Waals surface area contributed by atoms with Crippen LogP contribution >= 0.6 is 0 Å². The maximum Gasteiger partial charge on any atom is 0.130 e. The fraction of sp³-hybridized carbons (Fsp3) is 0.167. The van der Waals surface area contributed by atoms with E-state index in [9.17, 15) is 0 Å². The zero-order valence-electron chi connectivity index (χ0n) is 7.66. The molecule has 1 aromatic rings. The van der Waals surface area contributed by atoms with Gasteiger partial charge in [0.05, 0.1) is 6.26 Å². The molecule has 0 amide bonds. The zero-order valence-corrected chi connectivity index (χ0v) is 7.66. The van der Waals surface area contributed by atoms with Crippen LogP contribution in [0.3, 0.4) is 0 Å². The third-order valence-corrected chi connectivity index (χ3v) is 2.19. The van der Waals surface area contributed by atoms with Gasteiger partial charge in [0.25, 0.3) is 0 Å². The first-order valence-electron chi connectivity index (χ1n) is 4.46. The molecule has 0 atom stereocenters. The third-order valence-electron chi connectivity index (χ3n) is 2.19. The minimum atomic E-state index is 0.950. The normalized spacial score (nSPS) is 15.0. The van der Waals surface area contributed by atoms with Crippen molar-refractivity contribution in [3.05, 3.63) is 54.0 Å². The smallest absolute Gasteiger partial charge is 0.130 e. The van der Waals surface area contributed by atoms with Crippen LogP contribution < -0.4 is 0 Å². The molecule has 1 heterocycles. The molecule has 0 saturated heterocycles. The van der Waals surface area contributed by atoms with Crippen molar-refractivity contribution in [1.29, 1.82) is 0 Å². The van der Waals surface area contributed by atoms with E-state index in [2.05, 4.69) is 31.2 Å². The first-order valence-corrected chi connectivity index (χ1v) is 4.46.